The summed E-state index contributed by atoms with van der Waals surface area (Å²) in [5, 5.41) is 7.46. The molecule has 0 spiro atoms. The van der Waals surface area contributed by atoms with Gasteiger partial charge < -0.3 is 24.2 Å². The first kappa shape index (κ1) is 30.9. The van der Waals surface area contributed by atoms with E-state index in [9.17, 15) is 14.1 Å². The van der Waals surface area contributed by atoms with Crippen LogP contribution >= 0.6 is 0 Å². The number of nitrogens with zero attached hydrogens (tertiary/aromatic N) is 4. The van der Waals surface area contributed by atoms with E-state index in [-0.39, 0.29) is 18.4 Å². The van der Waals surface area contributed by atoms with Crippen LogP contribution in [0.2, 0.25) is 0 Å². The Bertz CT molecular complexity index is 1400. The summed E-state index contributed by atoms with van der Waals surface area (Å²) < 4.78 is 27.8. The van der Waals surface area contributed by atoms with E-state index < -0.39 is 11.4 Å². The van der Waals surface area contributed by atoms with Crippen LogP contribution in [-0.4, -0.2) is 74.4 Å². The number of hydrogen-bond acceptors (Lipinski definition) is 7. The molecule has 0 bridgehead atoms. The van der Waals surface area contributed by atoms with Crippen molar-refractivity contribution < 1.29 is 23.6 Å². The molecule has 1 aliphatic heterocycles. The number of piperazine rings is 1. The fraction of sp³-hybridized carbons (Fsp3) is 0.469. The van der Waals surface area contributed by atoms with Gasteiger partial charge in [-0.3, -0.25) is 14.3 Å². The van der Waals surface area contributed by atoms with Crippen LogP contribution < -0.4 is 14.8 Å². The molecule has 1 aliphatic carbocycles. The summed E-state index contributed by atoms with van der Waals surface area (Å²) in [5.74, 6) is 2.10. The molecule has 10 nitrogen and oxygen atoms in total. The zero-order valence-corrected chi connectivity index (χ0v) is 26.0. The van der Waals surface area contributed by atoms with Gasteiger partial charge in [-0.25, -0.2) is 0 Å². The van der Waals surface area contributed by atoms with Gasteiger partial charge >= 0.3 is 0 Å². The van der Waals surface area contributed by atoms with Gasteiger partial charge in [0.15, 0.2) is 11.5 Å². The first-order chi connectivity index (χ1) is 20.9. The highest BCUT2D eigenvalue weighted by atomic mass is 32.2. The number of rotatable bonds is 13. The number of amides is 2. The van der Waals surface area contributed by atoms with Gasteiger partial charge in [-0.05, 0) is 49.1 Å². The minimum atomic E-state index is -0.965. The number of nitrogens with one attached hydrogen (secondary N) is 1. The zero-order chi connectivity index (χ0) is 30.3. The fourth-order valence-corrected chi connectivity index (χ4v) is 6.54. The highest BCUT2D eigenvalue weighted by Crippen LogP contribution is 2.39. The summed E-state index contributed by atoms with van der Waals surface area (Å²) in [6.07, 6.45) is 4.24. The Labute approximate surface area is 256 Å². The normalized spacial score (nSPS) is 16.1. The van der Waals surface area contributed by atoms with Gasteiger partial charge in [-0.1, -0.05) is 37.6 Å². The van der Waals surface area contributed by atoms with Gasteiger partial charge in [0.2, 0.25) is 0 Å². The summed E-state index contributed by atoms with van der Waals surface area (Å²) in [5.41, 5.74) is 3.85. The van der Waals surface area contributed by atoms with Crippen molar-refractivity contribution in [3.8, 4) is 11.5 Å². The molecule has 1 N–H and O–H groups in total. The van der Waals surface area contributed by atoms with Crippen LogP contribution in [0.4, 0.5) is 0 Å². The number of carbonyl (C=O) groups excluding carboxylic acids is 2. The molecular weight excluding hydrogens is 566 g/mol. The number of aromatic nitrogens is 2. The highest BCUT2D eigenvalue weighted by Gasteiger charge is 2.29. The van der Waals surface area contributed by atoms with Crippen molar-refractivity contribution in [1.29, 1.82) is 0 Å². The third kappa shape index (κ3) is 7.70. The lowest BCUT2D eigenvalue weighted by Gasteiger charge is -2.34. The summed E-state index contributed by atoms with van der Waals surface area (Å²) in [6.45, 7) is 5.07. The fourth-order valence-electron chi connectivity index (χ4n) is 5.17. The maximum absolute atomic E-state index is 13.1. The maximum Gasteiger partial charge on any atom is 0.269 e. The second-order valence-corrected chi connectivity index (χ2v) is 12.6. The van der Waals surface area contributed by atoms with Crippen LogP contribution in [0.3, 0.4) is 0 Å². The predicted octanol–water partition coefficient (Wildman–Crippen LogP) is 4.04. The number of benzene rings is 2. The number of carbonyl (C=O) groups is 2. The van der Waals surface area contributed by atoms with Crippen molar-refractivity contribution in [1.82, 2.24) is 24.3 Å². The quantitative estimate of drug-likeness (QED) is 0.292. The molecule has 1 unspecified atom stereocenters. The van der Waals surface area contributed by atoms with Crippen molar-refractivity contribution in [3.05, 3.63) is 76.6 Å². The number of hydrogen-bond donors (Lipinski definition) is 1. The molecule has 2 heterocycles. The van der Waals surface area contributed by atoms with E-state index in [4.69, 9.17) is 9.47 Å². The van der Waals surface area contributed by atoms with Crippen molar-refractivity contribution in [2.24, 2.45) is 7.05 Å². The number of unbranched alkanes of at least 4 members (excludes halogenated alkanes) is 1. The lowest BCUT2D eigenvalue weighted by atomic mass is 10.1. The molecule has 2 aliphatic rings. The molecule has 1 atom stereocenters. The molecule has 0 radical (unpaired) electrons. The molecule has 1 aromatic heterocycles. The zero-order valence-electron chi connectivity index (χ0n) is 25.2. The standard InChI is InChI=1S/C32H41N5O5S/c1-4-5-19-43(40)37-17-15-36(16-18-37)32(39)25-11-9-23(10-12-25)22-42-29-8-6-7-26(30(29)41-3)21-33-31(38)28-20-27(24-13-14-24)34-35(28)2/h6-12,20,24H,4-5,13-19,21-22H2,1-3H3,(H,33,38). The molecular formula is C32H41N5O5S. The first-order valence-corrected chi connectivity index (χ1v) is 16.3. The van der Waals surface area contributed by atoms with Gasteiger partial charge in [0.1, 0.15) is 18.1 Å². The van der Waals surface area contributed by atoms with Gasteiger partial charge in [-0.15, -0.1) is 4.31 Å². The monoisotopic (exact) mass is 607 g/mol. The number of ether oxygens (including phenoxy) is 2. The van der Waals surface area contributed by atoms with E-state index in [1.165, 1.54) is 0 Å². The number of para-hydroxylation sites is 1. The van der Waals surface area contributed by atoms with Crippen LogP contribution in [0, 0.1) is 0 Å². The Kier molecular flexibility index (Phi) is 10.3. The summed E-state index contributed by atoms with van der Waals surface area (Å²) in [7, 11) is 3.37. The number of methoxy groups -OCH3 is 1. The van der Waals surface area contributed by atoms with Crippen LogP contribution in [0.5, 0.6) is 11.5 Å². The Morgan fingerprint density at radius 2 is 1.84 bits per heavy atom. The van der Waals surface area contributed by atoms with Gasteiger partial charge in [0.25, 0.3) is 11.8 Å². The Morgan fingerprint density at radius 1 is 1.09 bits per heavy atom. The van der Waals surface area contributed by atoms with E-state index in [1.807, 2.05) is 57.7 Å². The third-order valence-corrected chi connectivity index (χ3v) is 9.49. The van der Waals surface area contributed by atoms with Crippen molar-refractivity contribution in [2.75, 3.05) is 39.0 Å². The molecule has 1 saturated carbocycles. The Morgan fingerprint density at radius 3 is 2.51 bits per heavy atom. The van der Waals surface area contributed by atoms with Crippen LogP contribution in [0.1, 0.15) is 76.2 Å². The van der Waals surface area contributed by atoms with E-state index >= 15 is 0 Å². The SMILES string of the molecule is CCCC[S+]([O-])N1CCN(C(=O)c2ccc(COc3cccc(CNC(=O)c4cc(C5CC5)nn4C)c3OC)cc2)CC1. The van der Waals surface area contributed by atoms with E-state index in [2.05, 4.69) is 17.3 Å². The topological polar surface area (TPSA) is 112 Å². The Hall–Kier alpha value is -3.54. The minimum absolute atomic E-state index is 0.0160. The molecule has 2 aromatic carbocycles. The van der Waals surface area contributed by atoms with E-state index in [0.29, 0.717) is 67.2 Å². The van der Waals surface area contributed by atoms with E-state index in [1.54, 1.807) is 18.8 Å². The van der Waals surface area contributed by atoms with Crippen LogP contribution in [0.25, 0.3) is 0 Å². The van der Waals surface area contributed by atoms with Crippen molar-refractivity contribution in [2.45, 2.75) is 51.7 Å². The maximum atomic E-state index is 13.1. The summed E-state index contributed by atoms with van der Waals surface area (Å²) in [4.78, 5) is 27.7. The summed E-state index contributed by atoms with van der Waals surface area (Å²) in [6, 6.07) is 14.9. The molecule has 2 amide bonds. The van der Waals surface area contributed by atoms with E-state index in [0.717, 1.165) is 42.5 Å². The van der Waals surface area contributed by atoms with Crippen molar-refractivity contribution in [3.63, 3.8) is 0 Å². The minimum Gasteiger partial charge on any atom is -0.598 e. The average Bonchev–Trinajstić information content (AvgIpc) is 3.82. The van der Waals surface area contributed by atoms with Gasteiger partial charge in [0.05, 0.1) is 25.9 Å². The second kappa shape index (κ2) is 14.3. The number of aryl methyl sites for hydroxylation is 1. The largest absolute Gasteiger partial charge is 0.598 e. The first-order valence-electron chi connectivity index (χ1n) is 15.0. The third-order valence-electron chi connectivity index (χ3n) is 7.91. The molecule has 2 fully saturated rings. The molecule has 1 saturated heterocycles. The Balaban J connectivity index is 1.13. The second-order valence-electron chi connectivity index (χ2n) is 11.1. The van der Waals surface area contributed by atoms with Crippen LogP contribution in [0.15, 0.2) is 48.5 Å². The average molecular weight is 608 g/mol. The van der Waals surface area contributed by atoms with Crippen LogP contribution in [-0.2, 0) is 31.6 Å². The molecule has 3 aromatic rings. The van der Waals surface area contributed by atoms with Gasteiger partial charge in [-0.2, -0.15) is 5.10 Å². The van der Waals surface area contributed by atoms with Gasteiger partial charge in [0, 0.05) is 55.1 Å². The molecule has 5 rings (SSSR count). The lowest BCUT2D eigenvalue weighted by Crippen LogP contribution is -2.51. The highest BCUT2D eigenvalue weighted by molar-refractivity contribution is 7.89. The lowest BCUT2D eigenvalue weighted by molar-refractivity contribution is 0.0698. The predicted molar refractivity (Wildman–Crippen MR) is 166 cm³/mol. The molecule has 11 heteroatoms. The molecule has 230 valence electrons. The van der Waals surface area contributed by atoms with Crippen molar-refractivity contribution >= 4 is 23.2 Å². The summed E-state index contributed by atoms with van der Waals surface area (Å²) >= 11 is -0.965. The smallest absolute Gasteiger partial charge is 0.269 e. The molecule has 43 heavy (non-hydrogen) atoms.